The van der Waals surface area contributed by atoms with Crippen molar-refractivity contribution in [3.8, 4) is 5.75 Å². The number of anilines is 1. The van der Waals surface area contributed by atoms with E-state index in [0.29, 0.717) is 12.3 Å². The summed E-state index contributed by atoms with van der Waals surface area (Å²) < 4.78 is 5.79. The number of hydrogen-bond acceptors (Lipinski definition) is 4. The van der Waals surface area contributed by atoms with E-state index in [1.165, 1.54) is 32.1 Å². The van der Waals surface area contributed by atoms with Crippen LogP contribution < -0.4 is 15.8 Å². The van der Waals surface area contributed by atoms with Crippen LogP contribution in [0.25, 0.3) is 0 Å². The Hall–Kier alpha value is -1.59. The third-order valence-corrected chi connectivity index (χ3v) is 3.73. The number of aryl methyl sites for hydroxylation is 1. The molecule has 0 saturated carbocycles. The maximum Gasteiger partial charge on any atom is 0.243 e. The number of rotatable bonds is 11. The van der Waals surface area contributed by atoms with Crippen LogP contribution in [0.5, 0.6) is 5.75 Å². The molecular weight excluding hydrogens is 292 g/mol. The van der Waals surface area contributed by atoms with Gasteiger partial charge in [-0.25, -0.2) is 0 Å². The minimum Gasteiger partial charge on any atom is -0.493 e. The average Bonchev–Trinajstić information content (AvgIpc) is 2.54. The van der Waals surface area contributed by atoms with Crippen molar-refractivity contribution in [2.24, 2.45) is 5.73 Å². The Kier molecular flexibility index (Phi) is 9.33. The molecule has 1 amide bonds. The van der Waals surface area contributed by atoms with Crippen LogP contribution in [-0.2, 0) is 4.79 Å². The zero-order valence-corrected chi connectivity index (χ0v) is 14.3. The van der Waals surface area contributed by atoms with Gasteiger partial charge in [0.25, 0.3) is 0 Å². The van der Waals surface area contributed by atoms with Crippen molar-refractivity contribution in [2.75, 3.05) is 18.5 Å². The van der Waals surface area contributed by atoms with Gasteiger partial charge in [0.05, 0.1) is 13.2 Å². The van der Waals surface area contributed by atoms with Crippen molar-refractivity contribution in [1.82, 2.24) is 0 Å². The van der Waals surface area contributed by atoms with Crippen LogP contribution >= 0.6 is 0 Å². The Morgan fingerprint density at radius 3 is 2.61 bits per heavy atom. The van der Waals surface area contributed by atoms with Crippen molar-refractivity contribution in [2.45, 2.75) is 58.4 Å². The first-order chi connectivity index (χ1) is 11.1. The van der Waals surface area contributed by atoms with E-state index >= 15 is 0 Å². The third-order valence-electron chi connectivity index (χ3n) is 3.73. The first-order valence-electron chi connectivity index (χ1n) is 8.49. The standard InChI is InChI=1S/C18H30N2O3/c1-3-4-5-6-7-8-11-23-17-10-9-15(12-14(17)2)20-18(22)16(19)13-21/h9-10,12,16,21H,3-8,11,13,19H2,1-2H3,(H,20,22)/t16-/m0/s1. The molecule has 0 aliphatic rings. The summed E-state index contributed by atoms with van der Waals surface area (Å²) in [6, 6.07) is 4.58. The molecule has 0 bridgehead atoms. The smallest absolute Gasteiger partial charge is 0.243 e. The van der Waals surface area contributed by atoms with Crippen LogP contribution in [0.4, 0.5) is 5.69 Å². The van der Waals surface area contributed by atoms with Crippen LogP contribution in [0.3, 0.4) is 0 Å². The number of ether oxygens (including phenoxy) is 1. The fourth-order valence-electron chi connectivity index (χ4n) is 2.27. The molecular formula is C18H30N2O3. The van der Waals surface area contributed by atoms with E-state index in [1.807, 2.05) is 19.1 Å². The summed E-state index contributed by atoms with van der Waals surface area (Å²) >= 11 is 0. The number of carbonyl (C=O) groups excluding carboxylic acids is 1. The van der Waals surface area contributed by atoms with Gasteiger partial charge in [0.1, 0.15) is 11.8 Å². The van der Waals surface area contributed by atoms with Gasteiger partial charge < -0.3 is 20.9 Å². The number of amides is 1. The molecule has 0 aliphatic heterocycles. The molecule has 1 aromatic rings. The van der Waals surface area contributed by atoms with Crippen molar-refractivity contribution in [3.63, 3.8) is 0 Å². The van der Waals surface area contributed by atoms with Gasteiger partial charge in [0.15, 0.2) is 0 Å². The van der Waals surface area contributed by atoms with Crippen LogP contribution in [0, 0.1) is 6.92 Å². The van der Waals surface area contributed by atoms with E-state index < -0.39 is 11.9 Å². The summed E-state index contributed by atoms with van der Waals surface area (Å²) in [4.78, 5) is 11.6. The minimum absolute atomic E-state index is 0.371. The van der Waals surface area contributed by atoms with Crippen molar-refractivity contribution >= 4 is 11.6 Å². The number of hydrogen-bond donors (Lipinski definition) is 3. The van der Waals surface area contributed by atoms with Gasteiger partial charge in [0.2, 0.25) is 5.91 Å². The lowest BCUT2D eigenvalue weighted by Gasteiger charge is -2.13. The van der Waals surface area contributed by atoms with Gasteiger partial charge in [-0.1, -0.05) is 39.0 Å². The molecule has 0 spiro atoms. The van der Waals surface area contributed by atoms with Crippen LogP contribution in [0.1, 0.15) is 51.0 Å². The molecule has 0 aromatic heterocycles. The summed E-state index contributed by atoms with van der Waals surface area (Å²) in [5, 5.41) is 11.5. The van der Waals surface area contributed by atoms with E-state index in [0.717, 1.165) is 17.7 Å². The van der Waals surface area contributed by atoms with Gasteiger partial charge in [-0.15, -0.1) is 0 Å². The van der Waals surface area contributed by atoms with Crippen LogP contribution in [-0.4, -0.2) is 30.3 Å². The lowest BCUT2D eigenvalue weighted by atomic mass is 10.1. The van der Waals surface area contributed by atoms with Crippen molar-refractivity contribution in [3.05, 3.63) is 23.8 Å². The van der Waals surface area contributed by atoms with Gasteiger partial charge >= 0.3 is 0 Å². The number of nitrogens with two attached hydrogens (primary N) is 1. The Balaban J connectivity index is 2.37. The molecule has 0 fully saturated rings. The van der Waals surface area contributed by atoms with E-state index in [4.69, 9.17) is 15.6 Å². The quantitative estimate of drug-likeness (QED) is 0.547. The molecule has 0 aliphatic carbocycles. The van der Waals surface area contributed by atoms with Gasteiger partial charge in [0, 0.05) is 5.69 Å². The molecule has 1 rings (SSSR count). The molecule has 5 nitrogen and oxygen atoms in total. The van der Waals surface area contributed by atoms with Crippen LogP contribution in [0.2, 0.25) is 0 Å². The number of aliphatic hydroxyl groups is 1. The molecule has 0 saturated heterocycles. The molecule has 5 heteroatoms. The largest absolute Gasteiger partial charge is 0.493 e. The van der Waals surface area contributed by atoms with E-state index in [-0.39, 0.29) is 6.61 Å². The Morgan fingerprint density at radius 1 is 1.26 bits per heavy atom. The molecule has 130 valence electrons. The summed E-state index contributed by atoms with van der Waals surface area (Å²) in [6.07, 6.45) is 7.42. The summed E-state index contributed by atoms with van der Waals surface area (Å²) in [7, 11) is 0. The maximum atomic E-state index is 11.6. The van der Waals surface area contributed by atoms with Gasteiger partial charge in [-0.3, -0.25) is 4.79 Å². The van der Waals surface area contributed by atoms with Gasteiger partial charge in [-0.2, -0.15) is 0 Å². The molecule has 4 N–H and O–H groups in total. The second-order valence-corrected chi connectivity index (χ2v) is 5.87. The SMILES string of the molecule is CCCCCCCCOc1ccc(NC(=O)[C@@H](N)CO)cc1C. The number of benzene rings is 1. The fraction of sp³-hybridized carbons (Fsp3) is 0.611. The van der Waals surface area contributed by atoms with E-state index in [9.17, 15) is 4.79 Å². The number of carbonyl (C=O) groups is 1. The molecule has 0 radical (unpaired) electrons. The highest BCUT2D eigenvalue weighted by Crippen LogP contribution is 2.22. The van der Waals surface area contributed by atoms with Crippen molar-refractivity contribution in [1.29, 1.82) is 0 Å². The van der Waals surface area contributed by atoms with Crippen molar-refractivity contribution < 1.29 is 14.6 Å². The first kappa shape index (κ1) is 19.5. The van der Waals surface area contributed by atoms with E-state index in [1.54, 1.807) is 6.07 Å². The Bertz CT molecular complexity index is 477. The third kappa shape index (κ3) is 7.48. The van der Waals surface area contributed by atoms with Crippen LogP contribution in [0.15, 0.2) is 18.2 Å². The predicted molar refractivity (Wildman–Crippen MR) is 93.7 cm³/mol. The number of nitrogens with one attached hydrogen (secondary N) is 1. The van der Waals surface area contributed by atoms with E-state index in [2.05, 4.69) is 12.2 Å². The number of unbranched alkanes of at least 4 members (excludes halogenated alkanes) is 5. The molecule has 0 unspecified atom stereocenters. The zero-order chi connectivity index (χ0) is 17.1. The second kappa shape index (κ2) is 11.0. The molecule has 1 aromatic carbocycles. The second-order valence-electron chi connectivity index (χ2n) is 5.87. The highest BCUT2D eigenvalue weighted by molar-refractivity contribution is 5.94. The summed E-state index contributed by atoms with van der Waals surface area (Å²) in [5.74, 6) is 0.440. The summed E-state index contributed by atoms with van der Waals surface area (Å²) in [6.45, 7) is 4.51. The Labute approximate surface area is 139 Å². The predicted octanol–water partition coefficient (Wildman–Crippen LogP) is 2.99. The Morgan fingerprint density at radius 2 is 1.96 bits per heavy atom. The first-order valence-corrected chi connectivity index (χ1v) is 8.49. The highest BCUT2D eigenvalue weighted by Gasteiger charge is 2.12. The zero-order valence-electron chi connectivity index (χ0n) is 14.3. The minimum atomic E-state index is -0.904. The van der Waals surface area contributed by atoms with Gasteiger partial charge in [-0.05, 0) is 37.1 Å². The normalized spacial score (nSPS) is 12.0. The molecule has 23 heavy (non-hydrogen) atoms. The molecule has 1 atom stereocenters. The average molecular weight is 322 g/mol. The topological polar surface area (TPSA) is 84.6 Å². The highest BCUT2D eigenvalue weighted by atomic mass is 16.5. The maximum absolute atomic E-state index is 11.6. The lowest BCUT2D eigenvalue weighted by Crippen LogP contribution is -2.38. The fourth-order valence-corrected chi connectivity index (χ4v) is 2.27. The lowest BCUT2D eigenvalue weighted by molar-refractivity contribution is -0.118. The monoisotopic (exact) mass is 322 g/mol. The number of aliphatic hydroxyl groups excluding tert-OH is 1. The summed E-state index contributed by atoms with van der Waals surface area (Å²) in [5.41, 5.74) is 7.09. The molecule has 0 heterocycles.